The zero-order valence-electron chi connectivity index (χ0n) is 14.1. The lowest BCUT2D eigenvalue weighted by Gasteiger charge is -2.18. The highest BCUT2D eigenvalue weighted by atomic mass is 32.2. The summed E-state index contributed by atoms with van der Waals surface area (Å²) in [5.74, 6) is 0. The fourth-order valence-electron chi connectivity index (χ4n) is 3.13. The topological polar surface area (TPSA) is 122 Å². The highest BCUT2D eigenvalue weighted by Crippen LogP contribution is 2.25. The number of hydrogen-bond acceptors (Lipinski definition) is 6. The first-order valence-corrected chi connectivity index (χ1v) is 9.62. The summed E-state index contributed by atoms with van der Waals surface area (Å²) in [6.07, 6.45) is 4.00. The molecule has 3 aromatic rings. The molecule has 138 valence electrons. The normalized spacial score (nSPS) is 17.0. The molecule has 1 unspecified atom stereocenters. The van der Waals surface area contributed by atoms with Gasteiger partial charge in [-0.15, -0.1) is 0 Å². The number of nitrogens with one attached hydrogen (secondary N) is 1. The van der Waals surface area contributed by atoms with Gasteiger partial charge >= 0.3 is 0 Å². The summed E-state index contributed by atoms with van der Waals surface area (Å²) in [7, 11) is -1.87. The zero-order chi connectivity index (χ0) is 18.3. The van der Waals surface area contributed by atoms with Gasteiger partial charge in [-0.3, -0.25) is 14.5 Å². The van der Waals surface area contributed by atoms with Crippen molar-refractivity contribution in [1.29, 1.82) is 0 Å². The molecule has 0 bridgehead atoms. The van der Waals surface area contributed by atoms with Gasteiger partial charge in [0.15, 0.2) is 0 Å². The molecule has 0 aromatic carbocycles. The Morgan fingerprint density at radius 1 is 1.35 bits per heavy atom. The molecule has 2 N–H and O–H groups in total. The van der Waals surface area contributed by atoms with E-state index in [1.54, 1.807) is 34.7 Å². The van der Waals surface area contributed by atoms with Crippen molar-refractivity contribution in [2.75, 3.05) is 6.54 Å². The Morgan fingerprint density at radius 3 is 2.88 bits per heavy atom. The second kappa shape index (κ2) is 6.34. The molecule has 11 heteroatoms. The van der Waals surface area contributed by atoms with Crippen LogP contribution in [0.5, 0.6) is 0 Å². The third kappa shape index (κ3) is 2.83. The van der Waals surface area contributed by atoms with Gasteiger partial charge in [0, 0.05) is 32.5 Å². The third-order valence-electron chi connectivity index (χ3n) is 4.53. The molecule has 1 aliphatic heterocycles. The molecule has 0 fully saturated rings. The Morgan fingerprint density at radius 2 is 2.19 bits per heavy atom. The van der Waals surface area contributed by atoms with Crippen LogP contribution >= 0.6 is 0 Å². The summed E-state index contributed by atoms with van der Waals surface area (Å²) in [5.41, 5.74) is 1.85. The number of aryl methyl sites for hydroxylation is 2. The Kier molecular flexibility index (Phi) is 4.13. The van der Waals surface area contributed by atoms with E-state index in [1.807, 2.05) is 0 Å². The lowest BCUT2D eigenvalue weighted by molar-refractivity contribution is 0.203. The average Bonchev–Trinajstić information content (AvgIpc) is 3.33. The Bertz CT molecular complexity index is 1010. The maximum atomic E-state index is 12.8. The van der Waals surface area contributed by atoms with Crippen LogP contribution in [0.25, 0.3) is 0 Å². The van der Waals surface area contributed by atoms with Gasteiger partial charge in [-0.1, -0.05) is 0 Å². The molecule has 0 radical (unpaired) electrons. The molecule has 0 amide bonds. The molecule has 0 aliphatic carbocycles. The number of aliphatic hydroxyl groups is 1. The largest absolute Gasteiger partial charge is 0.380 e. The van der Waals surface area contributed by atoms with Gasteiger partial charge in [0.25, 0.3) is 0 Å². The van der Waals surface area contributed by atoms with E-state index in [0.717, 1.165) is 5.69 Å². The molecule has 3 aromatic heterocycles. The van der Waals surface area contributed by atoms with Crippen LogP contribution in [-0.4, -0.2) is 54.1 Å². The van der Waals surface area contributed by atoms with E-state index in [4.69, 9.17) is 0 Å². The summed E-state index contributed by atoms with van der Waals surface area (Å²) in [6.45, 7) is 1.18. The van der Waals surface area contributed by atoms with Crippen molar-refractivity contribution in [1.82, 2.24) is 34.1 Å². The number of rotatable bonds is 4. The first-order chi connectivity index (χ1) is 12.5. The Labute approximate surface area is 150 Å². The summed E-state index contributed by atoms with van der Waals surface area (Å²) < 4.78 is 30.3. The van der Waals surface area contributed by atoms with Crippen LogP contribution < -0.4 is 0 Å². The number of H-pyrrole nitrogens is 1. The number of fused-ring (bicyclic) bond motifs is 1. The number of hydrogen-bond donors (Lipinski definition) is 2. The molecule has 1 atom stereocenters. The van der Waals surface area contributed by atoms with Crippen LogP contribution in [0, 0.1) is 0 Å². The van der Waals surface area contributed by atoms with E-state index in [2.05, 4.69) is 20.4 Å². The van der Waals surface area contributed by atoms with E-state index >= 15 is 0 Å². The lowest BCUT2D eigenvalue weighted by atomic mass is 10.2. The van der Waals surface area contributed by atoms with Crippen molar-refractivity contribution in [3.05, 3.63) is 47.8 Å². The lowest BCUT2D eigenvalue weighted by Crippen LogP contribution is -2.30. The van der Waals surface area contributed by atoms with Crippen LogP contribution in [0.4, 0.5) is 0 Å². The maximum absolute atomic E-state index is 12.8. The van der Waals surface area contributed by atoms with Crippen molar-refractivity contribution < 1.29 is 13.5 Å². The van der Waals surface area contributed by atoms with Gasteiger partial charge in [-0.2, -0.15) is 19.6 Å². The molecule has 10 nitrogen and oxygen atoms in total. The third-order valence-corrected chi connectivity index (χ3v) is 6.34. The monoisotopic (exact) mass is 377 g/mol. The first-order valence-electron chi connectivity index (χ1n) is 8.18. The fourth-order valence-corrected chi connectivity index (χ4v) is 4.48. The Balaban J connectivity index is 1.63. The summed E-state index contributed by atoms with van der Waals surface area (Å²) in [5, 5.41) is 25.4. The van der Waals surface area contributed by atoms with Crippen molar-refractivity contribution in [2.24, 2.45) is 7.05 Å². The molecule has 26 heavy (non-hydrogen) atoms. The first kappa shape index (κ1) is 16.9. The van der Waals surface area contributed by atoms with E-state index in [0.29, 0.717) is 30.9 Å². The molecule has 0 spiro atoms. The van der Waals surface area contributed by atoms with Gasteiger partial charge in [-0.05, 0) is 18.6 Å². The van der Waals surface area contributed by atoms with Crippen molar-refractivity contribution in [3.8, 4) is 0 Å². The minimum atomic E-state index is -3.62. The smallest absolute Gasteiger partial charge is 0.246 e. The molecule has 1 aliphatic rings. The quantitative estimate of drug-likeness (QED) is 0.661. The summed E-state index contributed by atoms with van der Waals surface area (Å²) in [6, 6.07) is 3.48. The van der Waals surface area contributed by atoms with Gasteiger partial charge < -0.3 is 5.11 Å². The van der Waals surface area contributed by atoms with Gasteiger partial charge in [-0.25, -0.2) is 8.42 Å². The maximum Gasteiger partial charge on any atom is 0.246 e. The fraction of sp³-hybridized carbons (Fsp3) is 0.400. The van der Waals surface area contributed by atoms with E-state index < -0.39 is 16.1 Å². The highest BCUT2D eigenvalue weighted by Gasteiger charge is 2.29. The predicted molar refractivity (Wildman–Crippen MR) is 90.3 cm³/mol. The van der Waals surface area contributed by atoms with E-state index in [1.165, 1.54) is 16.7 Å². The highest BCUT2D eigenvalue weighted by molar-refractivity contribution is 7.89. The zero-order valence-corrected chi connectivity index (χ0v) is 15.0. The van der Waals surface area contributed by atoms with Crippen LogP contribution in [0.1, 0.15) is 29.6 Å². The van der Waals surface area contributed by atoms with Gasteiger partial charge in [0.1, 0.15) is 11.0 Å². The molecule has 4 rings (SSSR count). The number of nitrogens with zero attached hydrogens (tertiary/aromatic N) is 6. The second-order valence-corrected chi connectivity index (χ2v) is 8.13. The van der Waals surface area contributed by atoms with Crippen molar-refractivity contribution in [3.63, 3.8) is 0 Å². The number of sulfonamides is 1. The number of aromatic nitrogens is 6. The molecule has 0 saturated heterocycles. The predicted octanol–water partition coefficient (Wildman–Crippen LogP) is 0.0160. The summed E-state index contributed by atoms with van der Waals surface area (Å²) >= 11 is 0. The minimum Gasteiger partial charge on any atom is -0.380 e. The van der Waals surface area contributed by atoms with Gasteiger partial charge in [0.2, 0.25) is 10.0 Å². The summed E-state index contributed by atoms with van der Waals surface area (Å²) in [4.78, 5) is 0.139. The van der Waals surface area contributed by atoms with E-state index in [-0.39, 0.29) is 11.4 Å². The van der Waals surface area contributed by atoms with E-state index in [9.17, 15) is 13.5 Å². The molecule has 0 saturated carbocycles. The molecule has 4 heterocycles. The van der Waals surface area contributed by atoms with Crippen LogP contribution in [0.3, 0.4) is 0 Å². The average molecular weight is 377 g/mol. The van der Waals surface area contributed by atoms with Crippen LogP contribution in [-0.2, 0) is 30.2 Å². The second-order valence-electron chi connectivity index (χ2n) is 6.19. The SMILES string of the molecule is Cn1nccc1C(O)c1cc2n(n1)CCCN(S(=O)(=O)c1cn[nH]c1)C2. The van der Waals surface area contributed by atoms with Crippen LogP contribution in [0.2, 0.25) is 0 Å². The van der Waals surface area contributed by atoms with Crippen molar-refractivity contribution >= 4 is 10.0 Å². The number of aliphatic hydroxyl groups excluding tert-OH is 1. The number of aromatic amines is 1. The standard InChI is InChI=1S/C15H19N7O3S/c1-20-14(3-4-18-20)15(23)13-7-11-10-21(5-2-6-22(11)19-13)26(24,25)12-8-16-17-9-12/h3-4,7-9,15,23H,2,5-6,10H2,1H3,(H,16,17). The Hall–Kier alpha value is -2.50. The minimum absolute atomic E-state index is 0.139. The van der Waals surface area contributed by atoms with Crippen LogP contribution in [0.15, 0.2) is 35.6 Å². The van der Waals surface area contributed by atoms with Gasteiger partial charge in [0.05, 0.1) is 29.8 Å². The molecular weight excluding hydrogens is 358 g/mol. The van der Waals surface area contributed by atoms with Crippen molar-refractivity contribution in [2.45, 2.75) is 30.5 Å². The molecular formula is C15H19N7O3S.